The van der Waals surface area contributed by atoms with E-state index in [1.165, 1.54) is 24.8 Å². The number of aryl methyl sites for hydroxylation is 1. The Hall–Kier alpha value is -0.890. The van der Waals surface area contributed by atoms with Gasteiger partial charge >= 0.3 is 0 Å². The molecule has 0 aromatic heterocycles. The van der Waals surface area contributed by atoms with Crippen LogP contribution in [-0.2, 0) is 0 Å². The van der Waals surface area contributed by atoms with Crippen molar-refractivity contribution >= 4 is 0 Å². The molecule has 1 saturated carbocycles. The molecular weight excluding hydrogens is 249 g/mol. The first-order chi connectivity index (χ1) is 9.47. The monoisotopic (exact) mass is 277 g/mol. The molecule has 2 heteroatoms. The first-order valence-corrected chi connectivity index (χ1v) is 7.96. The zero-order valence-corrected chi connectivity index (χ0v) is 13.2. The van der Waals surface area contributed by atoms with Gasteiger partial charge in [-0.3, -0.25) is 0 Å². The van der Waals surface area contributed by atoms with Crippen molar-refractivity contribution in [3.63, 3.8) is 0 Å². The van der Waals surface area contributed by atoms with Crippen molar-refractivity contribution in [2.75, 3.05) is 6.54 Å². The molecule has 3 unspecified atom stereocenters. The summed E-state index contributed by atoms with van der Waals surface area (Å²) in [6.07, 6.45) is 3.74. The van der Waals surface area contributed by atoms with E-state index < -0.39 is 0 Å². The van der Waals surface area contributed by atoms with E-state index in [0.717, 1.165) is 18.0 Å². The molecule has 0 radical (unpaired) electrons. The first kappa shape index (κ1) is 15.5. The van der Waals surface area contributed by atoms with Crippen LogP contribution in [-0.4, -0.2) is 12.6 Å². The lowest BCUT2D eigenvalue weighted by molar-refractivity contribution is 0.237. The fourth-order valence-electron chi connectivity index (χ4n) is 3.32. The number of benzene rings is 1. The number of hydrogen-bond acceptors (Lipinski definition) is 1. The summed E-state index contributed by atoms with van der Waals surface area (Å²) in [5.41, 5.74) is 1.93. The Morgan fingerprint density at radius 2 is 2.05 bits per heavy atom. The second-order valence-corrected chi connectivity index (χ2v) is 6.86. The van der Waals surface area contributed by atoms with Crippen LogP contribution in [0.4, 0.5) is 4.39 Å². The molecule has 20 heavy (non-hydrogen) atoms. The SMILES string of the molecule is Cc1ccc(C2CC(C)CCC2CNC(C)C)cc1F. The maximum absolute atomic E-state index is 13.9. The highest BCUT2D eigenvalue weighted by molar-refractivity contribution is 5.27. The summed E-state index contributed by atoms with van der Waals surface area (Å²) >= 11 is 0. The summed E-state index contributed by atoms with van der Waals surface area (Å²) in [5.74, 6) is 1.83. The standard InChI is InChI=1S/C18H28FN/c1-12(2)20-11-16-7-5-13(3)9-17(16)15-8-6-14(4)18(19)10-15/h6,8,10,12-13,16-17,20H,5,7,9,11H2,1-4H3. The van der Waals surface area contributed by atoms with Crippen LogP contribution in [0.15, 0.2) is 18.2 Å². The van der Waals surface area contributed by atoms with Crippen LogP contribution in [0.5, 0.6) is 0 Å². The van der Waals surface area contributed by atoms with Crippen LogP contribution in [0.3, 0.4) is 0 Å². The van der Waals surface area contributed by atoms with E-state index in [9.17, 15) is 4.39 Å². The molecule has 0 bridgehead atoms. The van der Waals surface area contributed by atoms with Crippen molar-refractivity contribution in [3.05, 3.63) is 35.1 Å². The van der Waals surface area contributed by atoms with Gasteiger partial charge in [0.25, 0.3) is 0 Å². The van der Waals surface area contributed by atoms with E-state index in [0.29, 0.717) is 17.9 Å². The van der Waals surface area contributed by atoms with Crippen molar-refractivity contribution in [1.82, 2.24) is 5.32 Å². The van der Waals surface area contributed by atoms with E-state index in [-0.39, 0.29) is 5.82 Å². The molecule has 0 heterocycles. The summed E-state index contributed by atoms with van der Waals surface area (Å²) in [7, 11) is 0. The molecule has 1 aliphatic carbocycles. The number of rotatable bonds is 4. The molecule has 3 atom stereocenters. The lowest BCUT2D eigenvalue weighted by atomic mass is 9.71. The zero-order valence-electron chi connectivity index (χ0n) is 13.2. The van der Waals surface area contributed by atoms with Crippen LogP contribution in [0.25, 0.3) is 0 Å². The van der Waals surface area contributed by atoms with Gasteiger partial charge in [0.1, 0.15) is 5.82 Å². The second-order valence-electron chi connectivity index (χ2n) is 6.86. The molecule has 1 N–H and O–H groups in total. The smallest absolute Gasteiger partial charge is 0.126 e. The fourth-order valence-corrected chi connectivity index (χ4v) is 3.32. The van der Waals surface area contributed by atoms with Crippen LogP contribution in [0, 0.1) is 24.6 Å². The maximum atomic E-state index is 13.9. The summed E-state index contributed by atoms with van der Waals surface area (Å²) in [5, 5.41) is 3.56. The van der Waals surface area contributed by atoms with Gasteiger partial charge in [0.05, 0.1) is 0 Å². The summed E-state index contributed by atoms with van der Waals surface area (Å²) in [6, 6.07) is 6.34. The highest BCUT2D eigenvalue weighted by Gasteiger charge is 2.30. The quantitative estimate of drug-likeness (QED) is 0.844. The predicted octanol–water partition coefficient (Wildman–Crippen LogP) is 4.65. The van der Waals surface area contributed by atoms with Crippen molar-refractivity contribution < 1.29 is 4.39 Å². The molecular formula is C18H28FN. The third-order valence-electron chi connectivity index (χ3n) is 4.67. The zero-order chi connectivity index (χ0) is 14.7. The van der Waals surface area contributed by atoms with Gasteiger partial charge in [-0.25, -0.2) is 4.39 Å². The average molecular weight is 277 g/mol. The van der Waals surface area contributed by atoms with Crippen molar-refractivity contribution in [2.24, 2.45) is 11.8 Å². The van der Waals surface area contributed by atoms with Crippen molar-refractivity contribution in [2.45, 2.75) is 58.9 Å². The molecule has 0 amide bonds. The molecule has 0 saturated heterocycles. The van der Waals surface area contributed by atoms with Gasteiger partial charge in [-0.1, -0.05) is 39.3 Å². The van der Waals surface area contributed by atoms with E-state index in [1.807, 2.05) is 13.0 Å². The molecule has 1 nitrogen and oxygen atoms in total. The number of nitrogens with one attached hydrogen (secondary N) is 1. The van der Waals surface area contributed by atoms with Crippen molar-refractivity contribution in [3.8, 4) is 0 Å². The normalized spacial score (nSPS) is 27.0. The Bertz CT molecular complexity index is 441. The fraction of sp³-hybridized carbons (Fsp3) is 0.667. The molecule has 112 valence electrons. The average Bonchev–Trinajstić information content (AvgIpc) is 2.40. The van der Waals surface area contributed by atoms with Gasteiger partial charge in [-0.05, 0) is 61.3 Å². The summed E-state index contributed by atoms with van der Waals surface area (Å²) in [6.45, 7) is 9.58. The minimum atomic E-state index is -0.0590. The van der Waals surface area contributed by atoms with Crippen molar-refractivity contribution in [1.29, 1.82) is 0 Å². The van der Waals surface area contributed by atoms with Gasteiger partial charge in [0, 0.05) is 6.04 Å². The van der Waals surface area contributed by atoms with Crippen LogP contribution >= 0.6 is 0 Å². The molecule has 2 rings (SSSR count). The molecule has 1 aromatic carbocycles. The summed E-state index contributed by atoms with van der Waals surface area (Å²) in [4.78, 5) is 0. The lowest BCUT2D eigenvalue weighted by Gasteiger charge is -2.36. The third kappa shape index (κ3) is 3.82. The van der Waals surface area contributed by atoms with E-state index >= 15 is 0 Å². The summed E-state index contributed by atoms with van der Waals surface area (Å²) < 4.78 is 13.9. The largest absolute Gasteiger partial charge is 0.314 e. The highest BCUT2D eigenvalue weighted by Crippen LogP contribution is 2.40. The first-order valence-electron chi connectivity index (χ1n) is 7.96. The lowest BCUT2D eigenvalue weighted by Crippen LogP contribution is -2.34. The third-order valence-corrected chi connectivity index (χ3v) is 4.67. The minimum absolute atomic E-state index is 0.0590. The van der Waals surface area contributed by atoms with Crippen LogP contribution < -0.4 is 5.32 Å². The van der Waals surface area contributed by atoms with Gasteiger partial charge in [-0.2, -0.15) is 0 Å². The van der Waals surface area contributed by atoms with Gasteiger partial charge < -0.3 is 5.32 Å². The van der Waals surface area contributed by atoms with Gasteiger partial charge in [0.15, 0.2) is 0 Å². The Kier molecular flexibility index (Phi) is 5.20. The topological polar surface area (TPSA) is 12.0 Å². The molecule has 1 aromatic rings. The van der Waals surface area contributed by atoms with Gasteiger partial charge in [-0.15, -0.1) is 0 Å². The Labute approximate surface area is 123 Å². The molecule has 1 fully saturated rings. The Morgan fingerprint density at radius 1 is 1.30 bits per heavy atom. The van der Waals surface area contributed by atoms with E-state index in [2.05, 4.69) is 32.2 Å². The molecule has 1 aliphatic rings. The molecule has 0 aliphatic heterocycles. The van der Waals surface area contributed by atoms with Gasteiger partial charge in [0.2, 0.25) is 0 Å². The van der Waals surface area contributed by atoms with Crippen LogP contribution in [0.2, 0.25) is 0 Å². The van der Waals surface area contributed by atoms with E-state index in [1.54, 1.807) is 6.07 Å². The Morgan fingerprint density at radius 3 is 2.70 bits per heavy atom. The maximum Gasteiger partial charge on any atom is 0.126 e. The van der Waals surface area contributed by atoms with Crippen LogP contribution in [0.1, 0.15) is 57.1 Å². The molecule has 0 spiro atoms. The Balaban J connectivity index is 2.16. The highest BCUT2D eigenvalue weighted by atomic mass is 19.1. The second kappa shape index (κ2) is 6.71. The number of hydrogen-bond donors (Lipinski definition) is 1. The number of halogens is 1. The predicted molar refractivity (Wildman–Crippen MR) is 83.5 cm³/mol. The van der Waals surface area contributed by atoms with E-state index in [4.69, 9.17) is 0 Å². The minimum Gasteiger partial charge on any atom is -0.314 e.